The summed E-state index contributed by atoms with van der Waals surface area (Å²) < 4.78 is 0. The van der Waals surface area contributed by atoms with Crippen molar-refractivity contribution in [1.29, 1.82) is 0 Å². The van der Waals surface area contributed by atoms with Gasteiger partial charge in [-0.1, -0.05) is 34.1 Å². The van der Waals surface area contributed by atoms with E-state index in [1.165, 1.54) is 18.5 Å². The molecule has 0 atom stereocenters. The van der Waals surface area contributed by atoms with Crippen LogP contribution in [0.4, 0.5) is 0 Å². The number of nitrogens with zero attached hydrogens (tertiary/aromatic N) is 2. The lowest BCUT2D eigenvalue weighted by atomic mass is 9.90. The summed E-state index contributed by atoms with van der Waals surface area (Å²) in [5, 5.41) is 0. The molecule has 0 saturated heterocycles. The summed E-state index contributed by atoms with van der Waals surface area (Å²) in [4.78, 5) is 8.88. The van der Waals surface area contributed by atoms with Crippen molar-refractivity contribution in [2.75, 3.05) is 0 Å². The molecule has 84 valence electrons. The van der Waals surface area contributed by atoms with Crippen LogP contribution in [0.3, 0.4) is 0 Å². The third-order valence-corrected chi connectivity index (χ3v) is 2.23. The van der Waals surface area contributed by atoms with Crippen LogP contribution < -0.4 is 0 Å². The molecule has 1 heterocycles. The molecule has 0 bridgehead atoms. The van der Waals surface area contributed by atoms with Gasteiger partial charge in [0.15, 0.2) is 0 Å². The average molecular weight is 206 g/mol. The SMILES string of the molecule is CCCCc1nccc(CC(C)(C)C)n1. The van der Waals surface area contributed by atoms with Crippen LogP contribution in [0.25, 0.3) is 0 Å². The molecule has 0 amide bonds. The third kappa shape index (κ3) is 4.91. The van der Waals surface area contributed by atoms with E-state index in [2.05, 4.69) is 37.7 Å². The predicted molar refractivity (Wildman–Crippen MR) is 63.8 cm³/mol. The number of aromatic nitrogens is 2. The van der Waals surface area contributed by atoms with E-state index in [4.69, 9.17) is 0 Å². The molecule has 1 aromatic rings. The number of hydrogen-bond acceptors (Lipinski definition) is 2. The molecule has 0 aromatic carbocycles. The quantitative estimate of drug-likeness (QED) is 0.754. The van der Waals surface area contributed by atoms with Crippen LogP contribution in [-0.4, -0.2) is 9.97 Å². The molecule has 0 aliphatic rings. The monoisotopic (exact) mass is 206 g/mol. The normalized spacial score (nSPS) is 11.7. The van der Waals surface area contributed by atoms with E-state index < -0.39 is 0 Å². The van der Waals surface area contributed by atoms with E-state index >= 15 is 0 Å². The Morgan fingerprint density at radius 3 is 2.60 bits per heavy atom. The van der Waals surface area contributed by atoms with Crippen LogP contribution in [0.5, 0.6) is 0 Å². The van der Waals surface area contributed by atoms with Crippen molar-refractivity contribution in [3.8, 4) is 0 Å². The van der Waals surface area contributed by atoms with Gasteiger partial charge < -0.3 is 0 Å². The molecule has 0 aliphatic carbocycles. The maximum atomic E-state index is 4.58. The van der Waals surface area contributed by atoms with Gasteiger partial charge in [0.05, 0.1) is 0 Å². The van der Waals surface area contributed by atoms with Gasteiger partial charge in [-0.3, -0.25) is 0 Å². The molecular formula is C13H22N2. The van der Waals surface area contributed by atoms with Crippen molar-refractivity contribution in [3.63, 3.8) is 0 Å². The van der Waals surface area contributed by atoms with E-state index in [1.54, 1.807) is 0 Å². The van der Waals surface area contributed by atoms with E-state index in [9.17, 15) is 0 Å². The van der Waals surface area contributed by atoms with E-state index in [0.717, 1.165) is 18.7 Å². The predicted octanol–water partition coefficient (Wildman–Crippen LogP) is 3.41. The number of rotatable bonds is 4. The van der Waals surface area contributed by atoms with Crippen molar-refractivity contribution in [2.24, 2.45) is 5.41 Å². The molecular weight excluding hydrogens is 184 g/mol. The highest BCUT2D eigenvalue weighted by atomic mass is 14.9. The van der Waals surface area contributed by atoms with E-state index in [-0.39, 0.29) is 0 Å². The van der Waals surface area contributed by atoms with Crippen molar-refractivity contribution >= 4 is 0 Å². The van der Waals surface area contributed by atoms with Crippen LogP contribution >= 0.6 is 0 Å². The van der Waals surface area contributed by atoms with Gasteiger partial charge in [-0.25, -0.2) is 9.97 Å². The lowest BCUT2D eigenvalue weighted by molar-refractivity contribution is 0.405. The molecule has 1 rings (SSSR count). The van der Waals surface area contributed by atoms with Gasteiger partial charge in [0, 0.05) is 18.3 Å². The molecule has 0 unspecified atom stereocenters. The molecule has 15 heavy (non-hydrogen) atoms. The maximum absolute atomic E-state index is 4.58. The molecule has 2 heteroatoms. The zero-order valence-corrected chi connectivity index (χ0v) is 10.4. The van der Waals surface area contributed by atoms with E-state index in [0.29, 0.717) is 5.41 Å². The van der Waals surface area contributed by atoms with Crippen LogP contribution in [0.1, 0.15) is 52.1 Å². The standard InChI is InChI=1S/C13H22N2/c1-5-6-7-12-14-9-8-11(15-12)10-13(2,3)4/h8-9H,5-7,10H2,1-4H3. The molecule has 0 radical (unpaired) electrons. The highest BCUT2D eigenvalue weighted by molar-refractivity contribution is 5.04. The van der Waals surface area contributed by atoms with Gasteiger partial charge >= 0.3 is 0 Å². The van der Waals surface area contributed by atoms with Crippen LogP contribution in [0.2, 0.25) is 0 Å². The fraction of sp³-hybridized carbons (Fsp3) is 0.692. The second-order valence-corrected chi connectivity index (χ2v) is 5.31. The molecule has 0 fully saturated rings. The lowest BCUT2D eigenvalue weighted by Crippen LogP contribution is -2.11. The Bertz CT molecular complexity index is 300. The van der Waals surface area contributed by atoms with Crippen LogP contribution in [0, 0.1) is 5.41 Å². The zero-order valence-electron chi connectivity index (χ0n) is 10.4. The van der Waals surface area contributed by atoms with Gasteiger partial charge in [-0.05, 0) is 24.3 Å². The first-order valence-electron chi connectivity index (χ1n) is 5.82. The third-order valence-electron chi connectivity index (χ3n) is 2.23. The Labute approximate surface area is 93.2 Å². The summed E-state index contributed by atoms with van der Waals surface area (Å²) in [5.41, 5.74) is 1.47. The van der Waals surface area contributed by atoms with Crippen molar-refractivity contribution in [3.05, 3.63) is 23.8 Å². The fourth-order valence-corrected chi connectivity index (χ4v) is 1.54. The van der Waals surface area contributed by atoms with Gasteiger partial charge in [-0.2, -0.15) is 0 Å². The number of unbranched alkanes of at least 4 members (excludes halogenated alkanes) is 1. The summed E-state index contributed by atoms with van der Waals surface area (Å²) in [6.45, 7) is 8.90. The molecule has 0 spiro atoms. The lowest BCUT2D eigenvalue weighted by Gasteiger charge is -2.17. The molecule has 0 N–H and O–H groups in total. The first-order chi connectivity index (χ1) is 7.01. The number of aryl methyl sites for hydroxylation is 1. The second kappa shape index (κ2) is 5.24. The minimum atomic E-state index is 0.302. The Morgan fingerprint density at radius 1 is 1.27 bits per heavy atom. The summed E-state index contributed by atoms with van der Waals surface area (Å²) in [7, 11) is 0. The fourth-order valence-electron chi connectivity index (χ4n) is 1.54. The Morgan fingerprint density at radius 2 is 2.00 bits per heavy atom. The maximum Gasteiger partial charge on any atom is 0.128 e. The topological polar surface area (TPSA) is 25.8 Å². The van der Waals surface area contributed by atoms with Gasteiger partial charge in [0.1, 0.15) is 5.82 Å². The van der Waals surface area contributed by atoms with E-state index in [1.807, 2.05) is 12.3 Å². The summed E-state index contributed by atoms with van der Waals surface area (Å²) in [6, 6.07) is 2.03. The Kier molecular flexibility index (Phi) is 4.25. The summed E-state index contributed by atoms with van der Waals surface area (Å²) in [6.07, 6.45) is 6.30. The molecule has 0 aliphatic heterocycles. The van der Waals surface area contributed by atoms with Crippen molar-refractivity contribution in [2.45, 2.75) is 53.4 Å². The van der Waals surface area contributed by atoms with Crippen LogP contribution in [-0.2, 0) is 12.8 Å². The molecule has 0 saturated carbocycles. The second-order valence-electron chi connectivity index (χ2n) is 5.31. The summed E-state index contributed by atoms with van der Waals surface area (Å²) >= 11 is 0. The first kappa shape index (κ1) is 12.2. The largest absolute Gasteiger partial charge is 0.241 e. The van der Waals surface area contributed by atoms with Gasteiger partial charge in [-0.15, -0.1) is 0 Å². The zero-order chi connectivity index (χ0) is 11.3. The summed E-state index contributed by atoms with van der Waals surface area (Å²) in [5.74, 6) is 0.999. The van der Waals surface area contributed by atoms with Crippen molar-refractivity contribution < 1.29 is 0 Å². The average Bonchev–Trinajstić information content (AvgIpc) is 2.12. The van der Waals surface area contributed by atoms with Gasteiger partial charge in [0.25, 0.3) is 0 Å². The van der Waals surface area contributed by atoms with Crippen LogP contribution in [0.15, 0.2) is 12.3 Å². The highest BCUT2D eigenvalue weighted by Gasteiger charge is 2.12. The minimum Gasteiger partial charge on any atom is -0.241 e. The number of hydrogen-bond donors (Lipinski definition) is 0. The Balaban J connectivity index is 2.66. The van der Waals surface area contributed by atoms with Crippen molar-refractivity contribution in [1.82, 2.24) is 9.97 Å². The first-order valence-corrected chi connectivity index (χ1v) is 5.82. The smallest absolute Gasteiger partial charge is 0.128 e. The molecule has 1 aromatic heterocycles. The molecule has 2 nitrogen and oxygen atoms in total. The minimum absolute atomic E-state index is 0.302. The van der Waals surface area contributed by atoms with Gasteiger partial charge in [0.2, 0.25) is 0 Å². The highest BCUT2D eigenvalue weighted by Crippen LogP contribution is 2.19. The Hall–Kier alpha value is -0.920.